The average molecular weight is 311 g/mol. The standard InChI is InChI=1S/C15H19ClN2O3/c1-3-21-14(19)10-17-8-9-18(15(20)11(17)2)13-7-5-4-6-12(13)16/h4-7,11H,3,8-10H2,1-2H3/t11-/m0/s1. The number of rotatable bonds is 4. The van der Waals surface area contributed by atoms with Crippen molar-refractivity contribution in [2.75, 3.05) is 31.1 Å². The lowest BCUT2D eigenvalue weighted by molar-refractivity contribution is -0.145. The van der Waals surface area contributed by atoms with Crippen LogP contribution in [0.3, 0.4) is 0 Å². The molecule has 1 aliphatic heterocycles. The average Bonchev–Trinajstić information content (AvgIpc) is 2.46. The van der Waals surface area contributed by atoms with Crippen molar-refractivity contribution in [2.45, 2.75) is 19.9 Å². The van der Waals surface area contributed by atoms with Crippen molar-refractivity contribution in [3.05, 3.63) is 29.3 Å². The smallest absolute Gasteiger partial charge is 0.320 e. The Kier molecular flexibility index (Phi) is 5.20. The van der Waals surface area contributed by atoms with Crippen LogP contribution in [0.15, 0.2) is 24.3 Å². The third-order valence-corrected chi connectivity index (χ3v) is 3.88. The zero-order chi connectivity index (χ0) is 15.4. The first-order chi connectivity index (χ1) is 10.0. The number of hydrogen-bond acceptors (Lipinski definition) is 4. The molecule has 114 valence electrons. The summed E-state index contributed by atoms with van der Waals surface area (Å²) in [6, 6.07) is 6.90. The number of carbonyl (C=O) groups excluding carboxylic acids is 2. The van der Waals surface area contributed by atoms with E-state index in [1.807, 2.05) is 23.1 Å². The number of para-hydroxylation sites is 1. The third kappa shape index (κ3) is 3.54. The number of halogens is 1. The maximum atomic E-state index is 12.5. The Morgan fingerprint density at radius 3 is 2.76 bits per heavy atom. The molecule has 1 aromatic rings. The van der Waals surface area contributed by atoms with Gasteiger partial charge in [-0.15, -0.1) is 0 Å². The third-order valence-electron chi connectivity index (χ3n) is 3.56. The van der Waals surface area contributed by atoms with Crippen LogP contribution in [0.5, 0.6) is 0 Å². The highest BCUT2D eigenvalue weighted by Crippen LogP contribution is 2.27. The molecule has 2 rings (SSSR count). The second-order valence-corrected chi connectivity index (χ2v) is 5.30. The molecule has 0 saturated carbocycles. The Morgan fingerprint density at radius 1 is 1.38 bits per heavy atom. The number of esters is 1. The number of carbonyl (C=O) groups is 2. The van der Waals surface area contributed by atoms with Crippen molar-refractivity contribution in [1.29, 1.82) is 0 Å². The summed E-state index contributed by atoms with van der Waals surface area (Å²) >= 11 is 6.15. The Morgan fingerprint density at radius 2 is 2.10 bits per heavy atom. The molecule has 21 heavy (non-hydrogen) atoms. The van der Waals surface area contributed by atoms with Gasteiger partial charge >= 0.3 is 5.97 Å². The van der Waals surface area contributed by atoms with Gasteiger partial charge in [0.15, 0.2) is 0 Å². The van der Waals surface area contributed by atoms with Gasteiger partial charge in [0.05, 0.1) is 29.9 Å². The maximum Gasteiger partial charge on any atom is 0.320 e. The number of hydrogen-bond donors (Lipinski definition) is 0. The fourth-order valence-electron chi connectivity index (χ4n) is 2.41. The Bertz CT molecular complexity index is 535. The van der Waals surface area contributed by atoms with Gasteiger partial charge in [0, 0.05) is 13.1 Å². The summed E-state index contributed by atoms with van der Waals surface area (Å²) in [7, 11) is 0. The van der Waals surface area contributed by atoms with E-state index >= 15 is 0 Å². The number of piperazine rings is 1. The van der Waals surface area contributed by atoms with Crippen LogP contribution in [-0.4, -0.2) is 49.1 Å². The minimum absolute atomic E-state index is 0.0568. The van der Waals surface area contributed by atoms with Gasteiger partial charge in [0.1, 0.15) is 0 Å². The van der Waals surface area contributed by atoms with Gasteiger partial charge in [-0.1, -0.05) is 23.7 Å². The largest absolute Gasteiger partial charge is 0.465 e. The van der Waals surface area contributed by atoms with Crippen LogP contribution in [0.1, 0.15) is 13.8 Å². The second-order valence-electron chi connectivity index (χ2n) is 4.89. The van der Waals surface area contributed by atoms with Crippen LogP contribution < -0.4 is 4.90 Å². The van der Waals surface area contributed by atoms with Gasteiger partial charge in [-0.25, -0.2) is 0 Å². The lowest BCUT2D eigenvalue weighted by atomic mass is 10.1. The number of nitrogens with zero attached hydrogens (tertiary/aromatic N) is 2. The number of anilines is 1. The fourth-order valence-corrected chi connectivity index (χ4v) is 2.65. The quantitative estimate of drug-likeness (QED) is 0.798. The summed E-state index contributed by atoms with van der Waals surface area (Å²) in [6.07, 6.45) is 0. The van der Waals surface area contributed by atoms with E-state index in [1.165, 1.54) is 0 Å². The molecule has 6 heteroatoms. The highest BCUT2D eigenvalue weighted by Gasteiger charge is 2.34. The highest BCUT2D eigenvalue weighted by atomic mass is 35.5. The molecule has 1 amide bonds. The molecule has 1 aliphatic rings. The van der Waals surface area contributed by atoms with Crippen LogP contribution in [0, 0.1) is 0 Å². The zero-order valence-corrected chi connectivity index (χ0v) is 13.0. The van der Waals surface area contributed by atoms with Crippen molar-refractivity contribution in [1.82, 2.24) is 4.90 Å². The van der Waals surface area contributed by atoms with Crippen LogP contribution >= 0.6 is 11.6 Å². The number of amides is 1. The Labute approximate surface area is 129 Å². The molecule has 0 bridgehead atoms. The van der Waals surface area contributed by atoms with E-state index in [-0.39, 0.29) is 24.5 Å². The Hall–Kier alpha value is -1.59. The molecule has 0 radical (unpaired) electrons. The normalized spacial score (nSPS) is 19.7. The van der Waals surface area contributed by atoms with Gasteiger partial charge in [-0.05, 0) is 26.0 Å². The van der Waals surface area contributed by atoms with Gasteiger partial charge in [0.2, 0.25) is 5.91 Å². The first kappa shape index (κ1) is 15.8. The number of benzene rings is 1. The topological polar surface area (TPSA) is 49.9 Å². The maximum absolute atomic E-state index is 12.5. The number of ether oxygens (including phenoxy) is 1. The predicted molar refractivity (Wildman–Crippen MR) is 81.5 cm³/mol. The summed E-state index contributed by atoms with van der Waals surface area (Å²) in [5.41, 5.74) is 0.715. The monoisotopic (exact) mass is 310 g/mol. The molecule has 0 aliphatic carbocycles. The van der Waals surface area contributed by atoms with E-state index in [1.54, 1.807) is 24.8 Å². The fraction of sp³-hybridized carbons (Fsp3) is 0.467. The molecule has 0 unspecified atom stereocenters. The van der Waals surface area contributed by atoms with E-state index in [4.69, 9.17) is 16.3 Å². The van der Waals surface area contributed by atoms with Crippen molar-refractivity contribution in [2.24, 2.45) is 0 Å². The lowest BCUT2D eigenvalue weighted by Gasteiger charge is -2.38. The minimum atomic E-state index is -0.376. The minimum Gasteiger partial charge on any atom is -0.465 e. The van der Waals surface area contributed by atoms with Crippen LogP contribution in [0.25, 0.3) is 0 Å². The first-order valence-electron chi connectivity index (χ1n) is 7.00. The molecule has 1 aromatic carbocycles. The summed E-state index contributed by atoms with van der Waals surface area (Å²) < 4.78 is 4.93. The summed E-state index contributed by atoms with van der Waals surface area (Å²) in [6.45, 7) is 5.16. The molecule has 0 spiro atoms. The van der Waals surface area contributed by atoms with Crippen molar-refractivity contribution in [3.63, 3.8) is 0 Å². The van der Waals surface area contributed by atoms with E-state index in [0.717, 1.165) is 0 Å². The molecular formula is C15H19ClN2O3. The highest BCUT2D eigenvalue weighted by molar-refractivity contribution is 6.33. The molecular weight excluding hydrogens is 292 g/mol. The summed E-state index contributed by atoms with van der Waals surface area (Å²) in [5, 5.41) is 0.553. The van der Waals surface area contributed by atoms with Crippen LogP contribution in [0.2, 0.25) is 5.02 Å². The van der Waals surface area contributed by atoms with Gasteiger partial charge in [0.25, 0.3) is 0 Å². The van der Waals surface area contributed by atoms with Gasteiger partial charge in [-0.2, -0.15) is 0 Å². The molecule has 1 saturated heterocycles. The molecule has 1 fully saturated rings. The van der Waals surface area contributed by atoms with Crippen LogP contribution in [0.4, 0.5) is 5.69 Å². The second kappa shape index (κ2) is 6.91. The lowest BCUT2D eigenvalue weighted by Crippen LogP contribution is -2.57. The predicted octanol–water partition coefficient (Wildman–Crippen LogP) is 1.94. The van der Waals surface area contributed by atoms with Crippen molar-refractivity contribution >= 4 is 29.2 Å². The van der Waals surface area contributed by atoms with Crippen LogP contribution in [-0.2, 0) is 14.3 Å². The molecule has 0 N–H and O–H groups in total. The molecule has 5 nitrogen and oxygen atoms in total. The van der Waals surface area contributed by atoms with Crippen molar-refractivity contribution in [3.8, 4) is 0 Å². The summed E-state index contributed by atoms with van der Waals surface area (Å²) in [5.74, 6) is -0.359. The zero-order valence-electron chi connectivity index (χ0n) is 12.2. The SMILES string of the molecule is CCOC(=O)CN1CCN(c2ccccc2Cl)C(=O)[C@@H]1C. The summed E-state index contributed by atoms with van der Waals surface area (Å²) in [4.78, 5) is 27.6. The Balaban J connectivity index is 2.08. The molecule has 1 heterocycles. The van der Waals surface area contributed by atoms with E-state index < -0.39 is 0 Å². The first-order valence-corrected chi connectivity index (χ1v) is 7.38. The van der Waals surface area contributed by atoms with Crippen molar-refractivity contribution < 1.29 is 14.3 Å². The van der Waals surface area contributed by atoms with E-state index in [0.29, 0.717) is 30.4 Å². The van der Waals surface area contributed by atoms with E-state index in [2.05, 4.69) is 0 Å². The molecule has 1 atom stereocenters. The van der Waals surface area contributed by atoms with Gasteiger partial charge < -0.3 is 9.64 Å². The van der Waals surface area contributed by atoms with E-state index in [9.17, 15) is 9.59 Å². The van der Waals surface area contributed by atoms with Gasteiger partial charge in [-0.3, -0.25) is 14.5 Å². The molecule has 0 aromatic heterocycles.